The average molecular weight is 357 g/mol. The molecule has 5 heteroatoms. The van der Waals surface area contributed by atoms with Crippen molar-refractivity contribution in [3.8, 4) is 17.2 Å². The molecule has 0 amide bonds. The molecule has 0 aromatic heterocycles. The molecule has 5 nitrogen and oxygen atoms in total. The Morgan fingerprint density at radius 3 is 2.92 bits per heavy atom. The van der Waals surface area contributed by atoms with Gasteiger partial charge in [0.25, 0.3) is 0 Å². The molecule has 4 atom stereocenters. The van der Waals surface area contributed by atoms with Crippen LogP contribution in [0.2, 0.25) is 0 Å². The maximum absolute atomic E-state index is 13.1. The van der Waals surface area contributed by atoms with E-state index in [-0.39, 0.29) is 11.2 Å². The zero-order valence-corrected chi connectivity index (χ0v) is 16.1. The minimum absolute atomic E-state index is 0.237. The van der Waals surface area contributed by atoms with Crippen LogP contribution >= 0.6 is 0 Å². The highest BCUT2D eigenvalue weighted by Crippen LogP contribution is 2.68. The Hall–Kier alpha value is -1.75. The minimum Gasteiger partial charge on any atom is -0.493 e. The van der Waals surface area contributed by atoms with E-state index in [0.29, 0.717) is 30.7 Å². The van der Waals surface area contributed by atoms with Crippen molar-refractivity contribution in [2.45, 2.75) is 56.6 Å². The van der Waals surface area contributed by atoms with E-state index in [1.807, 2.05) is 19.9 Å². The fraction of sp³-hybridized carbons (Fsp3) is 0.667. The van der Waals surface area contributed by atoms with Crippen LogP contribution in [0.4, 0.5) is 0 Å². The number of likely N-dealkylation sites (tertiary alicyclic amines) is 1. The molecular formula is C21H27NO4. The summed E-state index contributed by atoms with van der Waals surface area (Å²) in [6, 6.07) is 2.39. The fourth-order valence-electron chi connectivity index (χ4n) is 6.42. The first-order valence-corrected chi connectivity index (χ1v) is 9.77. The van der Waals surface area contributed by atoms with Crippen molar-refractivity contribution in [1.29, 1.82) is 0 Å². The SMILES string of the molecule is CCOc1cc(OC)c2c3c1C[C@@H]1[C@@H]4CCC(=O)[C@](C)(O2)[C@]34CCN1C. The second-order valence-corrected chi connectivity index (χ2v) is 8.37. The second kappa shape index (κ2) is 5.16. The predicted octanol–water partition coefficient (Wildman–Crippen LogP) is 2.72. The van der Waals surface area contributed by atoms with Gasteiger partial charge in [0, 0.05) is 29.7 Å². The van der Waals surface area contributed by atoms with Gasteiger partial charge in [-0.3, -0.25) is 4.79 Å². The molecule has 2 aliphatic heterocycles. The molecule has 0 unspecified atom stereocenters. The zero-order valence-electron chi connectivity index (χ0n) is 16.1. The Labute approximate surface area is 154 Å². The summed E-state index contributed by atoms with van der Waals surface area (Å²) in [4.78, 5) is 15.6. The standard InChI is InChI=1S/C21H27NO4/c1-5-25-15-11-16(24-4)19-18-12(15)10-14-13-6-7-17(23)20(2,26-19)21(13,18)8-9-22(14)3/h11,13-14H,5-10H2,1-4H3/t13-,14+,20-,21-/m0/s1. The molecule has 2 heterocycles. The highest BCUT2D eigenvalue weighted by atomic mass is 16.5. The van der Waals surface area contributed by atoms with Crippen molar-refractivity contribution < 1.29 is 19.0 Å². The Kier molecular flexibility index (Phi) is 3.26. The van der Waals surface area contributed by atoms with Crippen LogP contribution in [0.5, 0.6) is 17.2 Å². The summed E-state index contributed by atoms with van der Waals surface area (Å²) in [5.41, 5.74) is 1.41. The number of piperidine rings is 1. The number of carbonyl (C=O) groups is 1. The van der Waals surface area contributed by atoms with Gasteiger partial charge >= 0.3 is 0 Å². The number of hydrogen-bond acceptors (Lipinski definition) is 5. The summed E-state index contributed by atoms with van der Waals surface area (Å²) in [6.45, 7) is 5.64. The van der Waals surface area contributed by atoms with Crippen molar-refractivity contribution >= 4 is 5.78 Å². The number of methoxy groups -OCH3 is 1. The molecule has 140 valence electrons. The van der Waals surface area contributed by atoms with Crippen molar-refractivity contribution in [3.63, 3.8) is 0 Å². The topological polar surface area (TPSA) is 48.0 Å². The van der Waals surface area contributed by atoms with E-state index in [1.165, 1.54) is 11.1 Å². The van der Waals surface area contributed by atoms with Gasteiger partial charge in [-0.2, -0.15) is 0 Å². The van der Waals surface area contributed by atoms with Crippen molar-refractivity contribution in [1.82, 2.24) is 4.90 Å². The zero-order chi connectivity index (χ0) is 18.3. The van der Waals surface area contributed by atoms with E-state index >= 15 is 0 Å². The third kappa shape index (κ3) is 1.64. The number of carbonyl (C=O) groups excluding carboxylic acids is 1. The molecule has 1 aromatic rings. The van der Waals surface area contributed by atoms with Crippen LogP contribution in [0.25, 0.3) is 0 Å². The highest BCUT2D eigenvalue weighted by Gasteiger charge is 2.71. The van der Waals surface area contributed by atoms with Gasteiger partial charge < -0.3 is 19.1 Å². The van der Waals surface area contributed by atoms with Crippen LogP contribution in [0.1, 0.15) is 44.2 Å². The molecule has 4 aliphatic rings. The predicted molar refractivity (Wildman–Crippen MR) is 97.3 cm³/mol. The molecule has 1 aromatic carbocycles. The van der Waals surface area contributed by atoms with Crippen LogP contribution < -0.4 is 14.2 Å². The highest BCUT2D eigenvalue weighted by molar-refractivity contribution is 5.93. The summed E-state index contributed by atoms with van der Waals surface area (Å²) in [7, 11) is 3.88. The van der Waals surface area contributed by atoms with Gasteiger partial charge in [0.2, 0.25) is 0 Å². The summed E-state index contributed by atoms with van der Waals surface area (Å²) in [5.74, 6) is 3.06. The molecule has 2 bridgehead atoms. The van der Waals surface area contributed by atoms with E-state index in [1.54, 1.807) is 7.11 Å². The van der Waals surface area contributed by atoms with Crippen LogP contribution in [0.15, 0.2) is 6.07 Å². The molecule has 1 saturated carbocycles. The minimum atomic E-state index is -0.787. The second-order valence-electron chi connectivity index (χ2n) is 8.37. The quantitative estimate of drug-likeness (QED) is 0.832. The van der Waals surface area contributed by atoms with Gasteiger partial charge in [-0.1, -0.05) is 0 Å². The number of benzene rings is 1. The van der Waals surface area contributed by atoms with Crippen LogP contribution in [0.3, 0.4) is 0 Å². The molecule has 0 N–H and O–H groups in total. The Balaban J connectivity index is 1.85. The molecule has 26 heavy (non-hydrogen) atoms. The van der Waals surface area contributed by atoms with E-state index in [2.05, 4.69) is 11.9 Å². The number of nitrogens with zero attached hydrogens (tertiary/aromatic N) is 1. The van der Waals surface area contributed by atoms with E-state index in [4.69, 9.17) is 14.2 Å². The van der Waals surface area contributed by atoms with Crippen molar-refractivity contribution in [2.75, 3.05) is 27.3 Å². The summed E-state index contributed by atoms with van der Waals surface area (Å²) >= 11 is 0. The van der Waals surface area contributed by atoms with Crippen LogP contribution in [-0.4, -0.2) is 49.6 Å². The smallest absolute Gasteiger partial charge is 0.177 e. The molecule has 5 rings (SSSR count). The molecule has 1 saturated heterocycles. The maximum atomic E-state index is 13.1. The van der Waals surface area contributed by atoms with Crippen LogP contribution in [-0.2, 0) is 16.6 Å². The molecule has 2 fully saturated rings. The number of rotatable bonds is 3. The number of Topliss-reactive ketones (excluding diaryl/α,β-unsaturated/α-hetero) is 1. The van der Waals surface area contributed by atoms with Gasteiger partial charge in [-0.05, 0) is 52.6 Å². The van der Waals surface area contributed by atoms with E-state index in [0.717, 1.165) is 37.3 Å². The number of hydrogen-bond donors (Lipinski definition) is 0. The lowest BCUT2D eigenvalue weighted by molar-refractivity contribution is -0.153. The molecule has 1 spiro atoms. The summed E-state index contributed by atoms with van der Waals surface area (Å²) < 4.78 is 18.2. The van der Waals surface area contributed by atoms with Gasteiger partial charge in [-0.15, -0.1) is 0 Å². The first-order valence-electron chi connectivity index (χ1n) is 9.77. The van der Waals surface area contributed by atoms with Gasteiger partial charge in [-0.25, -0.2) is 0 Å². The van der Waals surface area contributed by atoms with E-state index < -0.39 is 5.60 Å². The average Bonchev–Trinajstić information content (AvgIpc) is 2.90. The first kappa shape index (κ1) is 16.4. The Morgan fingerprint density at radius 1 is 1.38 bits per heavy atom. The third-order valence-electron chi connectivity index (χ3n) is 7.59. The first-order chi connectivity index (χ1) is 12.5. The van der Waals surface area contributed by atoms with Gasteiger partial charge in [0.1, 0.15) is 5.75 Å². The normalized spacial score (nSPS) is 37.2. The third-order valence-corrected chi connectivity index (χ3v) is 7.59. The number of ketones is 1. The summed E-state index contributed by atoms with van der Waals surface area (Å²) in [6.07, 6.45) is 3.47. The lowest BCUT2D eigenvalue weighted by atomic mass is 9.47. The number of likely N-dealkylation sites (N-methyl/N-ethyl adjacent to an activating group) is 1. The molecule has 0 radical (unpaired) electrons. The molecular weight excluding hydrogens is 330 g/mol. The number of ether oxygens (including phenoxy) is 3. The van der Waals surface area contributed by atoms with Crippen molar-refractivity contribution in [3.05, 3.63) is 17.2 Å². The largest absolute Gasteiger partial charge is 0.493 e. The Morgan fingerprint density at radius 2 is 2.19 bits per heavy atom. The lowest BCUT2D eigenvalue weighted by Crippen LogP contribution is -2.70. The molecule has 2 aliphatic carbocycles. The Bertz CT molecular complexity index is 806. The lowest BCUT2D eigenvalue weighted by Gasteiger charge is -2.60. The van der Waals surface area contributed by atoms with Gasteiger partial charge in [0.05, 0.1) is 19.1 Å². The maximum Gasteiger partial charge on any atom is 0.177 e. The monoisotopic (exact) mass is 357 g/mol. The van der Waals surface area contributed by atoms with Crippen molar-refractivity contribution in [2.24, 2.45) is 5.92 Å². The van der Waals surface area contributed by atoms with E-state index in [9.17, 15) is 4.79 Å². The fourth-order valence-corrected chi connectivity index (χ4v) is 6.42. The van der Waals surface area contributed by atoms with Crippen LogP contribution in [0, 0.1) is 5.92 Å². The van der Waals surface area contributed by atoms with Gasteiger partial charge in [0.15, 0.2) is 22.9 Å². The summed E-state index contributed by atoms with van der Waals surface area (Å²) in [5, 5.41) is 0.